The zero-order chi connectivity index (χ0) is 58.9. The normalized spacial score (nSPS) is 22.5. The molecule has 0 spiro atoms. The molecule has 5 N–H and O–H groups in total. The van der Waals surface area contributed by atoms with E-state index in [-0.39, 0.29) is 63.6 Å². The van der Waals surface area contributed by atoms with Crippen LogP contribution in [0.3, 0.4) is 0 Å². The van der Waals surface area contributed by atoms with Gasteiger partial charge in [-0.1, -0.05) is 16.8 Å². The van der Waals surface area contributed by atoms with Crippen LogP contribution in [0.5, 0.6) is 0 Å². The fourth-order valence-corrected chi connectivity index (χ4v) is 12.2. The number of halogens is 1. The van der Waals surface area contributed by atoms with Gasteiger partial charge in [-0.05, 0) is 148 Å². The topological polar surface area (TPSA) is 261 Å². The second-order valence-electron chi connectivity index (χ2n) is 25.5. The third-order valence-corrected chi connectivity index (χ3v) is 17.4. The lowest BCUT2D eigenvalue weighted by Gasteiger charge is -2.52. The summed E-state index contributed by atoms with van der Waals surface area (Å²) in [5.74, 6) is 1.06. The van der Waals surface area contributed by atoms with Crippen LogP contribution in [0.15, 0.2) is 17.8 Å². The molecule has 4 amide bonds. The fraction of sp³-hybridized carbons (Fsp3) is 0.759. The number of piperidine rings is 4. The van der Waals surface area contributed by atoms with E-state index in [4.69, 9.17) is 26.5 Å². The molecule has 0 bridgehead atoms. The van der Waals surface area contributed by atoms with Gasteiger partial charge in [0, 0.05) is 127 Å². The summed E-state index contributed by atoms with van der Waals surface area (Å²) >= 11 is 5.64. The minimum atomic E-state index is -0.515. The lowest BCUT2D eigenvalue weighted by Crippen LogP contribution is -2.63. The number of amides is 4. The molecule has 2 aromatic rings. The largest absolute Gasteiger partial charge is 0.444 e. The lowest BCUT2D eigenvalue weighted by atomic mass is 9.86. The number of ether oxygens (including phenoxy) is 2. The number of aryl methyl sites for hydroxylation is 4. The number of oxime groups is 1. The first kappa shape index (κ1) is 66.5. The molecule has 0 radical (unpaired) electrons. The Balaban J connectivity index is 0.000000248. The molecule has 454 valence electrons. The highest BCUT2D eigenvalue weighted by molar-refractivity contribution is 6.65. The number of hydrogen-bond donors (Lipinski definition) is 3. The number of likely N-dealkylation sites (tertiary alicyclic amines) is 4. The minimum Gasteiger partial charge on any atom is -0.444 e. The Bertz CT molecular complexity index is 2450. The fourth-order valence-electron chi connectivity index (χ4n) is 12.0. The van der Waals surface area contributed by atoms with Gasteiger partial charge in [0.1, 0.15) is 34.9 Å². The van der Waals surface area contributed by atoms with Crippen LogP contribution in [-0.2, 0) is 9.47 Å². The van der Waals surface area contributed by atoms with Crippen molar-refractivity contribution in [1.29, 1.82) is 5.41 Å². The van der Waals surface area contributed by atoms with Crippen LogP contribution in [0.2, 0.25) is 0 Å². The quantitative estimate of drug-likeness (QED) is 0.115. The Morgan fingerprint density at radius 2 is 1.00 bits per heavy atom. The first-order chi connectivity index (χ1) is 37.5. The van der Waals surface area contributed by atoms with Crippen molar-refractivity contribution in [3.63, 3.8) is 0 Å². The highest BCUT2D eigenvalue weighted by Gasteiger charge is 2.43. The minimum absolute atomic E-state index is 0. The summed E-state index contributed by atoms with van der Waals surface area (Å²) in [4.78, 5) is 82.0. The predicted octanol–water partition coefficient (Wildman–Crippen LogP) is 6.94. The van der Waals surface area contributed by atoms with E-state index in [1.54, 1.807) is 9.80 Å². The molecule has 2 atom stereocenters. The molecule has 22 nitrogen and oxygen atoms in total. The Morgan fingerprint density at radius 1 is 0.617 bits per heavy atom. The molecule has 0 aromatic carbocycles. The molecular weight excluding hydrogens is 1060 g/mol. The van der Waals surface area contributed by atoms with E-state index in [9.17, 15) is 24.4 Å². The number of carbonyl (C=O) groups excluding carboxylic acids is 4. The monoisotopic (exact) mass is 1150 g/mol. The summed E-state index contributed by atoms with van der Waals surface area (Å²) < 4.78 is 10.8. The Kier molecular flexibility index (Phi) is 23.3. The third-order valence-electron chi connectivity index (χ3n) is 17.1. The number of aromatic nitrogens is 4. The van der Waals surface area contributed by atoms with Crippen molar-refractivity contribution < 1.29 is 39.3 Å². The molecule has 81 heavy (non-hydrogen) atoms. The van der Waals surface area contributed by atoms with Gasteiger partial charge in [0.25, 0.3) is 11.8 Å². The Morgan fingerprint density at radius 3 is 1.35 bits per heavy atom. The van der Waals surface area contributed by atoms with Gasteiger partial charge < -0.3 is 50.0 Å². The Hall–Kier alpha value is -5.29. The SMILES string of the molecule is CC(C)(C)OC(=O)N1CCC(C(=N)Cl)CC1.Cc1ncnc(C)c1C(=O)N1CCC(C)(N2CCN(C(=NO)C3CCN(C(=O)OC(C)(C)C)CC3)[C@@H](C)C2)CC1.Cc1ncnc(C)c1C(=O)N1CCC(C)(N2CCN[C@@H](C)C2)CC1.O. The zero-order valence-electron chi connectivity index (χ0n) is 51.2. The molecular formula is C58H97ClN14O8. The molecule has 6 aliphatic rings. The second kappa shape index (κ2) is 28.3. The molecule has 8 rings (SSSR count). The van der Waals surface area contributed by atoms with E-state index >= 15 is 0 Å². The van der Waals surface area contributed by atoms with Crippen molar-refractivity contribution in [2.75, 3.05) is 91.6 Å². The number of nitrogens with zero attached hydrogens (tertiary/aromatic N) is 12. The smallest absolute Gasteiger partial charge is 0.410 e. The van der Waals surface area contributed by atoms with Crippen molar-refractivity contribution >= 4 is 46.6 Å². The van der Waals surface area contributed by atoms with Crippen molar-refractivity contribution in [2.24, 2.45) is 17.0 Å². The summed E-state index contributed by atoms with van der Waals surface area (Å²) in [6.45, 7) is 39.0. The average molecular weight is 1150 g/mol. The van der Waals surface area contributed by atoms with Crippen LogP contribution in [0.1, 0.15) is 164 Å². The maximum absolute atomic E-state index is 13.3. The summed E-state index contributed by atoms with van der Waals surface area (Å²) in [6, 6.07) is 0.730. The van der Waals surface area contributed by atoms with Gasteiger partial charge in [-0.3, -0.25) is 24.8 Å². The molecule has 6 saturated heterocycles. The van der Waals surface area contributed by atoms with E-state index in [0.29, 0.717) is 56.4 Å². The molecule has 23 heteroatoms. The molecule has 6 aliphatic heterocycles. The Labute approximate surface area is 486 Å². The first-order valence-electron chi connectivity index (χ1n) is 29.1. The highest BCUT2D eigenvalue weighted by Crippen LogP contribution is 2.34. The van der Waals surface area contributed by atoms with Gasteiger partial charge in [-0.15, -0.1) is 0 Å². The van der Waals surface area contributed by atoms with E-state index in [0.717, 1.165) is 132 Å². The third kappa shape index (κ3) is 17.6. The van der Waals surface area contributed by atoms with Crippen LogP contribution in [0.25, 0.3) is 0 Å². The van der Waals surface area contributed by atoms with Crippen molar-refractivity contribution in [1.82, 2.24) is 59.6 Å². The van der Waals surface area contributed by atoms with E-state index in [1.807, 2.05) is 79.0 Å². The van der Waals surface area contributed by atoms with Crippen molar-refractivity contribution in [2.45, 2.75) is 183 Å². The van der Waals surface area contributed by atoms with Gasteiger partial charge in [0.2, 0.25) is 0 Å². The van der Waals surface area contributed by atoms with Gasteiger partial charge in [0.15, 0.2) is 0 Å². The second-order valence-corrected chi connectivity index (χ2v) is 25.9. The van der Waals surface area contributed by atoms with E-state index < -0.39 is 11.2 Å². The zero-order valence-corrected chi connectivity index (χ0v) is 51.9. The van der Waals surface area contributed by atoms with E-state index in [2.05, 4.69) is 72.8 Å². The molecule has 8 heterocycles. The van der Waals surface area contributed by atoms with Crippen molar-refractivity contribution in [3.05, 3.63) is 46.6 Å². The molecule has 0 aliphatic carbocycles. The van der Waals surface area contributed by atoms with Gasteiger partial charge >= 0.3 is 12.2 Å². The molecule has 2 aromatic heterocycles. The number of nitrogens with one attached hydrogen (secondary N) is 2. The van der Waals surface area contributed by atoms with Gasteiger partial charge in [0.05, 0.1) is 33.9 Å². The van der Waals surface area contributed by atoms with Crippen LogP contribution < -0.4 is 5.32 Å². The van der Waals surface area contributed by atoms with E-state index in [1.165, 1.54) is 12.7 Å². The summed E-state index contributed by atoms with van der Waals surface area (Å²) in [5, 5.41) is 24.9. The maximum Gasteiger partial charge on any atom is 0.410 e. The standard InChI is InChI=1S/C29H47N7O4.C18H29N5O.C11H19ClN2O2.H2O/c1-20-18-35(29(7)10-14-33(15-11-29)26(37)24-21(2)30-19-31-22(24)3)16-17-36(20)25(32-39)23-8-12-34(13-9-23)27(38)40-28(4,5)6;1-13-11-23(10-7-19-13)18(4)5-8-22(9-6-18)17(24)16-14(2)20-12-21-15(16)3;1-11(2,3)16-10(15)14-6-4-8(5-7-14)9(12)13;/h19-20,23,39H,8-18H2,1-7H3;12-13,19H,5-11H2,1-4H3;8,13H,4-7H2,1-3H3;1H2/t20-;13-;;/m00../s1. The highest BCUT2D eigenvalue weighted by atomic mass is 35.5. The summed E-state index contributed by atoms with van der Waals surface area (Å²) in [5.41, 5.74) is 3.55. The number of rotatable bonds is 6. The van der Waals surface area contributed by atoms with Gasteiger partial charge in [-0.2, -0.15) is 0 Å². The molecule has 0 saturated carbocycles. The number of carbonyl (C=O) groups is 4. The summed E-state index contributed by atoms with van der Waals surface area (Å²) in [6.07, 6.45) is 9.35. The van der Waals surface area contributed by atoms with Gasteiger partial charge in [-0.25, -0.2) is 29.5 Å². The van der Waals surface area contributed by atoms with Crippen molar-refractivity contribution in [3.8, 4) is 0 Å². The van der Waals surface area contributed by atoms with Crippen LogP contribution in [0.4, 0.5) is 9.59 Å². The summed E-state index contributed by atoms with van der Waals surface area (Å²) in [7, 11) is 0. The van der Waals surface area contributed by atoms with Crippen LogP contribution >= 0.6 is 11.6 Å². The number of hydrogen-bond acceptors (Lipinski definition) is 16. The van der Waals surface area contributed by atoms with Crippen LogP contribution in [0, 0.1) is 44.9 Å². The van der Waals surface area contributed by atoms with Crippen LogP contribution in [-0.4, -0.2) is 226 Å². The lowest BCUT2D eigenvalue weighted by molar-refractivity contribution is -0.00339. The number of amidine groups is 1. The number of piperazine rings is 2. The molecule has 0 unspecified atom stereocenters. The maximum atomic E-state index is 13.3. The first-order valence-corrected chi connectivity index (χ1v) is 29.5. The predicted molar refractivity (Wildman–Crippen MR) is 314 cm³/mol. The molecule has 6 fully saturated rings. The average Bonchev–Trinajstić information content (AvgIpc) is 3.41.